The van der Waals surface area contributed by atoms with Crippen molar-refractivity contribution in [2.24, 2.45) is 0 Å². The van der Waals surface area contributed by atoms with Crippen molar-refractivity contribution in [1.82, 2.24) is 15.1 Å². The van der Waals surface area contributed by atoms with E-state index in [0.29, 0.717) is 4.90 Å². The minimum absolute atomic E-state index is 0.0356. The number of amides is 3. The first-order chi connectivity index (χ1) is 14.2. The fourth-order valence-corrected chi connectivity index (χ4v) is 4.61. The molecule has 0 aromatic heterocycles. The number of likely N-dealkylation sites (tertiary alicyclic amines) is 1. The van der Waals surface area contributed by atoms with E-state index in [0.717, 1.165) is 4.90 Å². The van der Waals surface area contributed by atoms with Gasteiger partial charge in [-0.15, -0.1) is 11.8 Å². The molecule has 170 valence electrons. The van der Waals surface area contributed by atoms with Gasteiger partial charge in [0.05, 0.1) is 6.54 Å². The number of β-lactam (4-membered cyclic amide) rings is 2. The number of carboxylic acid groups (broad SMARTS) is 1. The average molecular weight is 463 g/mol. The molecule has 2 saturated heterocycles. The molecular formula is C18H20F3N3O6S. The molecule has 31 heavy (non-hydrogen) atoms. The van der Waals surface area contributed by atoms with E-state index in [4.69, 9.17) is 4.74 Å². The predicted octanol–water partition coefficient (Wildman–Crippen LogP) is 1.46. The predicted molar refractivity (Wildman–Crippen MR) is 102 cm³/mol. The first-order valence-corrected chi connectivity index (χ1v) is 10.2. The molecule has 0 radical (unpaired) electrons. The minimum atomic E-state index is -4.53. The van der Waals surface area contributed by atoms with Gasteiger partial charge in [-0.25, -0.2) is 9.59 Å². The zero-order valence-corrected chi connectivity index (χ0v) is 17.6. The number of carbonyl (C=O) groups excluding carboxylic acids is 3. The number of alkyl halides is 3. The summed E-state index contributed by atoms with van der Waals surface area (Å²) >= 11 is 1.17. The van der Waals surface area contributed by atoms with Crippen molar-refractivity contribution >= 4 is 35.6 Å². The van der Waals surface area contributed by atoms with Crippen LogP contribution in [0.4, 0.5) is 18.0 Å². The summed E-state index contributed by atoms with van der Waals surface area (Å²) < 4.78 is 42.4. The first kappa shape index (κ1) is 23.0. The largest absolute Gasteiger partial charge is 0.477 e. The van der Waals surface area contributed by atoms with Gasteiger partial charge in [0.15, 0.2) is 0 Å². The number of aliphatic carboxylic acids is 1. The Kier molecular flexibility index (Phi) is 5.76. The van der Waals surface area contributed by atoms with Crippen molar-refractivity contribution in [3.05, 3.63) is 22.9 Å². The molecule has 0 unspecified atom stereocenters. The van der Waals surface area contributed by atoms with Crippen LogP contribution in [0, 0.1) is 0 Å². The van der Waals surface area contributed by atoms with E-state index in [1.165, 1.54) is 17.8 Å². The first-order valence-electron chi connectivity index (χ1n) is 9.15. The van der Waals surface area contributed by atoms with Crippen LogP contribution in [0.15, 0.2) is 22.9 Å². The molecule has 2 atom stereocenters. The van der Waals surface area contributed by atoms with Gasteiger partial charge in [-0.3, -0.25) is 14.5 Å². The molecule has 0 spiro atoms. The maximum atomic E-state index is 12.5. The average Bonchev–Trinajstić information content (AvgIpc) is 2.61. The summed E-state index contributed by atoms with van der Waals surface area (Å²) in [6.45, 7) is 3.31. The molecule has 0 bridgehead atoms. The Balaban J connectivity index is 1.74. The lowest BCUT2D eigenvalue weighted by atomic mass is 9.99. The number of allylic oxidation sites excluding steroid dienone is 1. The fourth-order valence-electron chi connectivity index (χ4n) is 3.31. The molecule has 0 saturated carbocycles. The van der Waals surface area contributed by atoms with Gasteiger partial charge in [-0.2, -0.15) is 13.2 Å². The summed E-state index contributed by atoms with van der Waals surface area (Å²) in [5.74, 6) is -2.81. The summed E-state index contributed by atoms with van der Waals surface area (Å²) in [5.41, 5.74) is -0.955. The second kappa shape index (κ2) is 7.77. The standard InChI is InChI=1S/C18H20F3N3O6S/c1-17(2,3)30-16(29)22-10-13(26)24-11(15(27)28)9(6-31-14(10)24)4-8-5-23(12(8)25)7-18(19,20)21/h4,10,14H,5-7H2,1-3H3,(H,22,29)(H,27,28)/b8-4-/t10-,14-/m1/s1. The van der Waals surface area contributed by atoms with E-state index < -0.39 is 53.6 Å². The van der Waals surface area contributed by atoms with Crippen LogP contribution < -0.4 is 5.32 Å². The van der Waals surface area contributed by atoms with Crippen molar-refractivity contribution in [3.8, 4) is 0 Å². The number of halogens is 3. The monoisotopic (exact) mass is 463 g/mol. The number of hydrogen-bond acceptors (Lipinski definition) is 6. The number of fused-ring (bicyclic) bond motifs is 1. The zero-order valence-electron chi connectivity index (χ0n) is 16.8. The molecule has 13 heteroatoms. The number of alkyl carbamates (subject to hydrolysis) is 1. The Morgan fingerprint density at radius 1 is 1.29 bits per heavy atom. The van der Waals surface area contributed by atoms with Gasteiger partial charge in [0.25, 0.3) is 11.8 Å². The number of ether oxygens (including phenoxy) is 1. The number of nitrogens with one attached hydrogen (secondary N) is 1. The third-order valence-corrected chi connectivity index (χ3v) is 5.82. The van der Waals surface area contributed by atoms with Crippen LogP contribution in [0.25, 0.3) is 0 Å². The summed E-state index contributed by atoms with van der Waals surface area (Å²) in [6, 6.07) is -0.976. The van der Waals surface area contributed by atoms with Crippen LogP contribution >= 0.6 is 11.8 Å². The molecule has 3 rings (SSSR count). The van der Waals surface area contributed by atoms with Gasteiger partial charge in [-0.1, -0.05) is 0 Å². The molecule has 9 nitrogen and oxygen atoms in total. The normalized spacial score (nSPS) is 25.2. The number of hydrogen-bond donors (Lipinski definition) is 2. The highest BCUT2D eigenvalue weighted by Crippen LogP contribution is 2.41. The van der Waals surface area contributed by atoms with Crippen molar-refractivity contribution in [2.75, 3.05) is 18.8 Å². The molecule has 3 amide bonds. The Bertz CT molecular complexity index is 908. The highest BCUT2D eigenvalue weighted by Gasteiger charge is 2.54. The van der Waals surface area contributed by atoms with Crippen molar-refractivity contribution in [3.63, 3.8) is 0 Å². The number of nitrogens with zero attached hydrogens (tertiary/aromatic N) is 2. The van der Waals surface area contributed by atoms with Gasteiger partial charge in [0.1, 0.15) is 29.3 Å². The maximum absolute atomic E-state index is 12.5. The van der Waals surface area contributed by atoms with Crippen LogP contribution in [0.5, 0.6) is 0 Å². The van der Waals surface area contributed by atoms with E-state index in [9.17, 15) is 37.5 Å². The van der Waals surface area contributed by atoms with E-state index in [-0.39, 0.29) is 29.1 Å². The van der Waals surface area contributed by atoms with Gasteiger partial charge < -0.3 is 20.1 Å². The van der Waals surface area contributed by atoms with E-state index in [2.05, 4.69) is 5.32 Å². The smallest absolute Gasteiger partial charge is 0.408 e. The minimum Gasteiger partial charge on any atom is -0.477 e. The topological polar surface area (TPSA) is 116 Å². The van der Waals surface area contributed by atoms with Crippen molar-refractivity contribution in [2.45, 2.75) is 44.0 Å². The highest BCUT2D eigenvalue weighted by molar-refractivity contribution is 8.00. The molecule has 0 aliphatic carbocycles. The van der Waals surface area contributed by atoms with Gasteiger partial charge in [0.2, 0.25) is 0 Å². The lowest BCUT2D eigenvalue weighted by Crippen LogP contribution is -2.70. The molecule has 3 aliphatic heterocycles. The van der Waals surface area contributed by atoms with Crippen LogP contribution in [0.2, 0.25) is 0 Å². The molecule has 2 fully saturated rings. The Labute approximate surface area is 179 Å². The molecule has 0 aromatic rings. The summed E-state index contributed by atoms with van der Waals surface area (Å²) in [7, 11) is 0. The summed E-state index contributed by atoms with van der Waals surface area (Å²) in [6.07, 6.45) is -4.12. The Hall–Kier alpha value is -2.70. The number of carboxylic acids is 1. The molecule has 2 N–H and O–H groups in total. The lowest BCUT2D eigenvalue weighted by molar-refractivity contribution is -0.164. The lowest BCUT2D eigenvalue weighted by Gasteiger charge is -2.49. The SMILES string of the molecule is CC(C)(C)OC(=O)N[C@@H]1C(=O)N2C(C(=O)O)=C(/C=C3/CN(CC(F)(F)F)C3=O)CS[C@H]12. The van der Waals surface area contributed by atoms with Crippen molar-refractivity contribution < 1.29 is 42.2 Å². The van der Waals surface area contributed by atoms with Gasteiger partial charge >= 0.3 is 18.2 Å². The fraction of sp³-hybridized carbons (Fsp3) is 0.556. The van der Waals surface area contributed by atoms with E-state index in [1.54, 1.807) is 20.8 Å². The third kappa shape index (κ3) is 4.81. The second-order valence-electron chi connectivity index (χ2n) is 8.16. The van der Waals surface area contributed by atoms with Gasteiger partial charge in [-0.05, 0) is 32.4 Å². The summed E-state index contributed by atoms with van der Waals surface area (Å²) in [5, 5.41) is 11.3. The zero-order chi connectivity index (χ0) is 23.3. The highest BCUT2D eigenvalue weighted by atomic mass is 32.2. The van der Waals surface area contributed by atoms with Crippen molar-refractivity contribution in [1.29, 1.82) is 0 Å². The molecule has 0 aromatic carbocycles. The molecule has 3 aliphatic rings. The Morgan fingerprint density at radius 2 is 1.94 bits per heavy atom. The Morgan fingerprint density at radius 3 is 2.45 bits per heavy atom. The van der Waals surface area contributed by atoms with E-state index in [1.807, 2.05) is 0 Å². The maximum Gasteiger partial charge on any atom is 0.408 e. The molecular weight excluding hydrogens is 443 g/mol. The number of thioether (sulfide) groups is 1. The van der Waals surface area contributed by atoms with Crippen LogP contribution in [0.1, 0.15) is 20.8 Å². The molecule has 3 heterocycles. The second-order valence-corrected chi connectivity index (χ2v) is 9.26. The van der Waals surface area contributed by atoms with Crippen LogP contribution in [-0.4, -0.2) is 80.8 Å². The summed E-state index contributed by atoms with van der Waals surface area (Å²) in [4.78, 5) is 49.8. The van der Waals surface area contributed by atoms with Gasteiger partial charge in [0, 0.05) is 11.3 Å². The van der Waals surface area contributed by atoms with Crippen LogP contribution in [0.3, 0.4) is 0 Å². The third-order valence-electron chi connectivity index (χ3n) is 4.51. The number of rotatable bonds is 4. The van der Waals surface area contributed by atoms with Crippen LogP contribution in [-0.2, 0) is 19.1 Å². The number of carbonyl (C=O) groups is 4. The quantitative estimate of drug-likeness (QED) is 0.479. The van der Waals surface area contributed by atoms with E-state index >= 15 is 0 Å².